The van der Waals surface area contributed by atoms with Gasteiger partial charge in [-0.15, -0.1) is 11.3 Å². The SMILES string of the molecule is CCOc1ccccc1C1=N/C(=C\c2cccs2)C(=O)O1. The van der Waals surface area contributed by atoms with Gasteiger partial charge in [0.2, 0.25) is 5.90 Å². The highest BCUT2D eigenvalue weighted by molar-refractivity contribution is 7.10. The number of hydrogen-bond acceptors (Lipinski definition) is 5. The zero-order valence-electron chi connectivity index (χ0n) is 11.4. The predicted octanol–water partition coefficient (Wildman–Crippen LogP) is 3.49. The summed E-state index contributed by atoms with van der Waals surface area (Å²) in [6.45, 7) is 2.44. The second-order valence-electron chi connectivity index (χ2n) is 4.28. The number of para-hydroxylation sites is 1. The number of aliphatic imine (C=N–C) groups is 1. The average Bonchev–Trinajstić information content (AvgIpc) is 3.11. The van der Waals surface area contributed by atoms with Gasteiger partial charge in [0.05, 0.1) is 12.2 Å². The van der Waals surface area contributed by atoms with E-state index < -0.39 is 5.97 Å². The highest BCUT2D eigenvalue weighted by Gasteiger charge is 2.26. The van der Waals surface area contributed by atoms with Crippen LogP contribution in [0.2, 0.25) is 0 Å². The van der Waals surface area contributed by atoms with Gasteiger partial charge in [0, 0.05) is 4.88 Å². The maximum Gasteiger partial charge on any atom is 0.363 e. The molecule has 0 aliphatic carbocycles. The molecule has 0 bridgehead atoms. The van der Waals surface area contributed by atoms with Crippen molar-refractivity contribution in [3.05, 3.63) is 57.9 Å². The Balaban J connectivity index is 1.96. The lowest BCUT2D eigenvalue weighted by Gasteiger charge is -2.08. The molecule has 1 aliphatic rings. The van der Waals surface area contributed by atoms with Gasteiger partial charge in [-0.3, -0.25) is 0 Å². The highest BCUT2D eigenvalue weighted by atomic mass is 32.1. The van der Waals surface area contributed by atoms with Crippen LogP contribution in [0.5, 0.6) is 5.75 Å². The van der Waals surface area contributed by atoms with Crippen LogP contribution in [0.1, 0.15) is 17.4 Å². The summed E-state index contributed by atoms with van der Waals surface area (Å²) in [5.74, 6) is 0.500. The maximum atomic E-state index is 11.9. The Hall–Kier alpha value is -2.40. The normalized spacial score (nSPS) is 16.0. The van der Waals surface area contributed by atoms with E-state index in [2.05, 4.69) is 4.99 Å². The number of benzene rings is 1. The quantitative estimate of drug-likeness (QED) is 0.641. The third-order valence-corrected chi connectivity index (χ3v) is 3.68. The Morgan fingerprint density at radius 3 is 2.90 bits per heavy atom. The fourth-order valence-electron chi connectivity index (χ4n) is 1.96. The molecule has 0 saturated heterocycles. The largest absolute Gasteiger partial charge is 0.493 e. The number of carbonyl (C=O) groups is 1. The summed E-state index contributed by atoms with van der Waals surface area (Å²) in [5, 5.41) is 1.95. The van der Waals surface area contributed by atoms with Gasteiger partial charge in [0.15, 0.2) is 5.70 Å². The van der Waals surface area contributed by atoms with E-state index >= 15 is 0 Å². The minimum atomic E-state index is -0.440. The summed E-state index contributed by atoms with van der Waals surface area (Å²) >= 11 is 1.54. The van der Waals surface area contributed by atoms with E-state index in [-0.39, 0.29) is 5.90 Å². The lowest BCUT2D eigenvalue weighted by atomic mass is 10.2. The number of nitrogens with zero attached hydrogens (tertiary/aromatic N) is 1. The molecule has 2 heterocycles. The second-order valence-corrected chi connectivity index (χ2v) is 5.26. The molecule has 1 aromatic carbocycles. The van der Waals surface area contributed by atoms with Crippen LogP contribution in [0.4, 0.5) is 0 Å². The number of ether oxygens (including phenoxy) is 2. The molecular formula is C16H13NO3S. The van der Waals surface area contributed by atoms with Gasteiger partial charge in [-0.1, -0.05) is 18.2 Å². The second kappa shape index (κ2) is 5.93. The molecule has 3 rings (SSSR count). The van der Waals surface area contributed by atoms with Crippen LogP contribution in [-0.4, -0.2) is 18.5 Å². The molecule has 4 nitrogen and oxygen atoms in total. The van der Waals surface area contributed by atoms with Crippen molar-refractivity contribution in [3.8, 4) is 5.75 Å². The van der Waals surface area contributed by atoms with Crippen LogP contribution >= 0.6 is 11.3 Å². The van der Waals surface area contributed by atoms with Crippen molar-refractivity contribution < 1.29 is 14.3 Å². The van der Waals surface area contributed by atoms with Crippen molar-refractivity contribution in [3.63, 3.8) is 0 Å². The molecule has 0 spiro atoms. The lowest BCUT2D eigenvalue weighted by molar-refractivity contribution is -0.129. The first kappa shape index (κ1) is 13.6. The van der Waals surface area contributed by atoms with E-state index in [1.165, 1.54) is 0 Å². The highest BCUT2D eigenvalue weighted by Crippen LogP contribution is 2.25. The number of cyclic esters (lactones) is 1. The van der Waals surface area contributed by atoms with E-state index in [4.69, 9.17) is 9.47 Å². The molecule has 2 aromatic rings. The Kier molecular flexibility index (Phi) is 3.83. The van der Waals surface area contributed by atoms with E-state index in [0.717, 1.165) is 4.88 Å². The third kappa shape index (κ3) is 2.87. The minimum Gasteiger partial charge on any atom is -0.493 e. The molecule has 1 aromatic heterocycles. The molecule has 0 fully saturated rings. The Morgan fingerprint density at radius 1 is 1.29 bits per heavy atom. The topological polar surface area (TPSA) is 47.9 Å². The standard InChI is InChI=1S/C16H13NO3S/c1-2-19-14-8-4-3-7-12(14)15-17-13(16(18)20-15)10-11-6-5-9-21-11/h3-10H,2H2,1H3/b13-10-. The first-order valence-electron chi connectivity index (χ1n) is 6.56. The van der Waals surface area contributed by atoms with E-state index in [1.807, 2.05) is 48.7 Å². The zero-order chi connectivity index (χ0) is 14.7. The van der Waals surface area contributed by atoms with Gasteiger partial charge in [-0.25, -0.2) is 9.79 Å². The number of thiophene rings is 1. The molecule has 0 unspecified atom stereocenters. The number of rotatable bonds is 4. The van der Waals surface area contributed by atoms with E-state index in [0.29, 0.717) is 23.6 Å². The fourth-order valence-corrected chi connectivity index (χ4v) is 2.61. The van der Waals surface area contributed by atoms with Crippen LogP contribution in [0.15, 0.2) is 52.5 Å². The molecule has 0 radical (unpaired) electrons. The average molecular weight is 299 g/mol. The summed E-state index contributed by atoms with van der Waals surface area (Å²) in [6, 6.07) is 11.2. The molecular weight excluding hydrogens is 286 g/mol. The summed E-state index contributed by atoms with van der Waals surface area (Å²) < 4.78 is 10.8. The molecule has 1 aliphatic heterocycles. The number of esters is 1. The van der Waals surface area contributed by atoms with Gasteiger partial charge >= 0.3 is 5.97 Å². The third-order valence-electron chi connectivity index (χ3n) is 2.86. The monoisotopic (exact) mass is 299 g/mol. The van der Waals surface area contributed by atoms with E-state index in [9.17, 15) is 4.79 Å². The van der Waals surface area contributed by atoms with Crippen LogP contribution in [-0.2, 0) is 9.53 Å². The van der Waals surface area contributed by atoms with Gasteiger partial charge in [-0.05, 0) is 36.6 Å². The van der Waals surface area contributed by atoms with Crippen molar-refractivity contribution in [2.45, 2.75) is 6.92 Å². The minimum absolute atomic E-state index is 0.284. The molecule has 0 amide bonds. The van der Waals surface area contributed by atoms with Gasteiger partial charge in [-0.2, -0.15) is 0 Å². The molecule has 0 N–H and O–H groups in total. The predicted molar refractivity (Wildman–Crippen MR) is 82.5 cm³/mol. The van der Waals surface area contributed by atoms with E-state index in [1.54, 1.807) is 17.4 Å². The fraction of sp³-hybridized carbons (Fsp3) is 0.125. The Labute approximate surface area is 126 Å². The molecule has 0 saturated carbocycles. The number of hydrogen-bond donors (Lipinski definition) is 0. The lowest BCUT2D eigenvalue weighted by Crippen LogP contribution is -2.07. The van der Waals surface area contributed by atoms with Gasteiger partial charge < -0.3 is 9.47 Å². The Bertz CT molecular complexity index is 717. The summed E-state index contributed by atoms with van der Waals surface area (Å²) in [5.41, 5.74) is 0.987. The van der Waals surface area contributed by atoms with Crippen molar-refractivity contribution in [1.82, 2.24) is 0 Å². The van der Waals surface area contributed by atoms with Crippen molar-refractivity contribution in [1.29, 1.82) is 0 Å². The number of carbonyl (C=O) groups excluding carboxylic acids is 1. The summed E-state index contributed by atoms with van der Waals surface area (Å²) in [7, 11) is 0. The van der Waals surface area contributed by atoms with Crippen molar-refractivity contribution >= 4 is 29.3 Å². The first-order chi connectivity index (χ1) is 10.3. The van der Waals surface area contributed by atoms with Crippen LogP contribution in [0, 0.1) is 0 Å². The zero-order valence-corrected chi connectivity index (χ0v) is 12.2. The smallest absolute Gasteiger partial charge is 0.363 e. The van der Waals surface area contributed by atoms with Crippen molar-refractivity contribution in [2.24, 2.45) is 4.99 Å². The summed E-state index contributed by atoms with van der Waals surface area (Å²) in [4.78, 5) is 17.2. The van der Waals surface area contributed by atoms with Gasteiger partial charge in [0.1, 0.15) is 5.75 Å². The van der Waals surface area contributed by atoms with Gasteiger partial charge in [0.25, 0.3) is 0 Å². The molecule has 5 heteroatoms. The maximum absolute atomic E-state index is 11.9. The first-order valence-corrected chi connectivity index (χ1v) is 7.44. The van der Waals surface area contributed by atoms with Crippen LogP contribution in [0.25, 0.3) is 6.08 Å². The molecule has 21 heavy (non-hydrogen) atoms. The van der Waals surface area contributed by atoms with Crippen molar-refractivity contribution in [2.75, 3.05) is 6.61 Å². The van der Waals surface area contributed by atoms with Crippen LogP contribution in [0.3, 0.4) is 0 Å². The Morgan fingerprint density at radius 2 is 2.14 bits per heavy atom. The summed E-state index contributed by atoms with van der Waals surface area (Å²) in [6.07, 6.45) is 1.73. The molecule has 106 valence electrons. The van der Waals surface area contributed by atoms with Crippen LogP contribution < -0.4 is 4.74 Å². The molecule has 0 atom stereocenters.